The maximum atomic E-state index is 4.51. The smallest absolute Gasteiger partial charge is 0.137 e. The van der Waals surface area contributed by atoms with Crippen LogP contribution < -0.4 is 0 Å². The molecule has 2 N–H and O–H groups in total. The molecular weight excluding hydrogens is 272 g/mol. The van der Waals surface area contributed by atoms with Crippen LogP contribution in [-0.4, -0.2) is 19.9 Å². The van der Waals surface area contributed by atoms with Crippen molar-refractivity contribution >= 4 is 22.1 Å². The van der Waals surface area contributed by atoms with E-state index in [1.54, 1.807) is 6.33 Å². The van der Waals surface area contributed by atoms with Crippen LogP contribution >= 0.6 is 0 Å². The van der Waals surface area contributed by atoms with Crippen molar-refractivity contribution in [1.29, 1.82) is 0 Å². The number of hydrogen-bond donors (Lipinski definition) is 2. The predicted molar refractivity (Wildman–Crippen MR) is 89.1 cm³/mol. The zero-order valence-electron chi connectivity index (χ0n) is 12.8. The van der Waals surface area contributed by atoms with Crippen LogP contribution in [0.15, 0.2) is 36.8 Å². The summed E-state index contributed by atoms with van der Waals surface area (Å²) >= 11 is 0. The summed E-state index contributed by atoms with van der Waals surface area (Å²) in [6, 6.07) is 8.74. The molecule has 0 unspecified atom stereocenters. The summed E-state index contributed by atoms with van der Waals surface area (Å²) in [5.41, 5.74) is 8.19. The van der Waals surface area contributed by atoms with Gasteiger partial charge >= 0.3 is 0 Å². The van der Waals surface area contributed by atoms with E-state index in [1.807, 2.05) is 6.20 Å². The van der Waals surface area contributed by atoms with E-state index in [0.717, 1.165) is 35.2 Å². The molecule has 3 aromatic heterocycles. The van der Waals surface area contributed by atoms with Gasteiger partial charge in [0.1, 0.15) is 5.65 Å². The Kier molecular flexibility index (Phi) is 2.96. The third-order valence-corrected chi connectivity index (χ3v) is 4.22. The highest BCUT2D eigenvalue weighted by molar-refractivity contribution is 5.77. The summed E-state index contributed by atoms with van der Waals surface area (Å²) in [5, 5.41) is 1.19. The normalized spacial score (nSPS) is 11.5. The van der Waals surface area contributed by atoms with Gasteiger partial charge in [0.05, 0.1) is 17.4 Å². The molecule has 110 valence electrons. The summed E-state index contributed by atoms with van der Waals surface area (Å²) in [4.78, 5) is 15.3. The van der Waals surface area contributed by atoms with Gasteiger partial charge in [-0.05, 0) is 67.6 Å². The quantitative estimate of drug-likeness (QED) is 0.602. The number of H-pyrrole nitrogens is 2. The topological polar surface area (TPSA) is 57.4 Å². The fraction of sp³-hybridized carbons (Fsp3) is 0.222. The van der Waals surface area contributed by atoms with Gasteiger partial charge in [0.25, 0.3) is 0 Å². The Bertz CT molecular complexity index is 962. The van der Waals surface area contributed by atoms with E-state index in [4.69, 9.17) is 0 Å². The van der Waals surface area contributed by atoms with Crippen LogP contribution in [0.4, 0.5) is 0 Å². The Morgan fingerprint density at radius 2 is 1.91 bits per heavy atom. The second kappa shape index (κ2) is 4.98. The molecular formula is C18H18N4. The van der Waals surface area contributed by atoms with Gasteiger partial charge in [0.15, 0.2) is 0 Å². The molecule has 22 heavy (non-hydrogen) atoms. The predicted octanol–water partition coefficient (Wildman–Crippen LogP) is 3.84. The molecule has 0 spiro atoms. The van der Waals surface area contributed by atoms with Crippen LogP contribution in [0.2, 0.25) is 0 Å². The van der Waals surface area contributed by atoms with Crippen LogP contribution in [0, 0.1) is 13.8 Å². The highest BCUT2D eigenvalue weighted by Crippen LogP contribution is 2.20. The van der Waals surface area contributed by atoms with Crippen molar-refractivity contribution in [2.45, 2.75) is 26.7 Å². The monoisotopic (exact) mass is 290 g/mol. The van der Waals surface area contributed by atoms with Gasteiger partial charge in [0.2, 0.25) is 0 Å². The average molecular weight is 290 g/mol. The maximum absolute atomic E-state index is 4.51. The molecule has 0 saturated heterocycles. The van der Waals surface area contributed by atoms with E-state index >= 15 is 0 Å². The minimum Gasteiger partial charge on any atom is -0.345 e. The Hall–Kier alpha value is -2.62. The van der Waals surface area contributed by atoms with Crippen LogP contribution in [0.5, 0.6) is 0 Å². The van der Waals surface area contributed by atoms with Crippen LogP contribution in [-0.2, 0) is 12.8 Å². The number of rotatable bonds is 3. The van der Waals surface area contributed by atoms with Crippen molar-refractivity contribution < 1.29 is 0 Å². The fourth-order valence-electron chi connectivity index (χ4n) is 3.02. The highest BCUT2D eigenvalue weighted by atomic mass is 14.9. The average Bonchev–Trinajstić information content (AvgIpc) is 3.08. The maximum Gasteiger partial charge on any atom is 0.137 e. The zero-order chi connectivity index (χ0) is 15.1. The molecule has 0 aliphatic carbocycles. The van der Waals surface area contributed by atoms with E-state index in [1.165, 1.54) is 22.1 Å². The lowest BCUT2D eigenvalue weighted by Crippen LogP contribution is -1.95. The molecule has 0 bridgehead atoms. The van der Waals surface area contributed by atoms with Gasteiger partial charge in [0, 0.05) is 17.3 Å². The fourth-order valence-corrected chi connectivity index (χ4v) is 3.02. The first-order chi connectivity index (χ1) is 10.7. The van der Waals surface area contributed by atoms with Gasteiger partial charge in [-0.1, -0.05) is 0 Å². The summed E-state index contributed by atoms with van der Waals surface area (Å²) in [6.45, 7) is 4.22. The van der Waals surface area contributed by atoms with Gasteiger partial charge in [-0.3, -0.25) is 0 Å². The molecule has 4 rings (SSSR count). The molecule has 0 saturated carbocycles. The molecule has 0 aliphatic heterocycles. The van der Waals surface area contributed by atoms with Crippen LogP contribution in [0.1, 0.15) is 22.4 Å². The Morgan fingerprint density at radius 1 is 1.00 bits per heavy atom. The first-order valence-electron chi connectivity index (χ1n) is 7.56. The largest absolute Gasteiger partial charge is 0.345 e. The van der Waals surface area contributed by atoms with E-state index in [0.29, 0.717) is 0 Å². The number of aromatic nitrogens is 4. The first-order valence-corrected chi connectivity index (χ1v) is 7.56. The van der Waals surface area contributed by atoms with Crippen molar-refractivity contribution in [3.63, 3.8) is 0 Å². The number of aromatic amines is 2. The Labute approximate surface area is 128 Å². The summed E-state index contributed by atoms with van der Waals surface area (Å²) in [6.07, 6.45) is 5.72. The lowest BCUT2D eigenvalue weighted by Gasteiger charge is -2.06. The zero-order valence-corrected chi connectivity index (χ0v) is 12.8. The van der Waals surface area contributed by atoms with Gasteiger partial charge in [-0.2, -0.15) is 0 Å². The Balaban J connectivity index is 1.60. The molecule has 4 nitrogen and oxygen atoms in total. The molecule has 3 heterocycles. The van der Waals surface area contributed by atoms with Gasteiger partial charge in [-0.25, -0.2) is 9.97 Å². The molecule has 0 amide bonds. The molecule has 4 heteroatoms. The summed E-state index contributed by atoms with van der Waals surface area (Å²) in [5.74, 6) is 0. The second-order valence-corrected chi connectivity index (χ2v) is 5.93. The lowest BCUT2D eigenvalue weighted by atomic mass is 10.0. The van der Waals surface area contributed by atoms with Crippen LogP contribution in [0.25, 0.3) is 22.1 Å². The number of nitrogens with one attached hydrogen (secondary N) is 2. The van der Waals surface area contributed by atoms with E-state index in [9.17, 15) is 0 Å². The van der Waals surface area contributed by atoms with E-state index in [-0.39, 0.29) is 0 Å². The van der Waals surface area contributed by atoms with Crippen molar-refractivity contribution in [3.8, 4) is 0 Å². The third kappa shape index (κ3) is 2.26. The van der Waals surface area contributed by atoms with Gasteiger partial charge < -0.3 is 9.97 Å². The minimum absolute atomic E-state index is 0.968. The van der Waals surface area contributed by atoms with E-state index in [2.05, 4.69) is 58.0 Å². The molecule has 0 radical (unpaired) electrons. The van der Waals surface area contributed by atoms with E-state index < -0.39 is 0 Å². The van der Waals surface area contributed by atoms with Crippen molar-refractivity contribution in [2.24, 2.45) is 0 Å². The number of aryl methyl sites for hydroxylation is 4. The summed E-state index contributed by atoms with van der Waals surface area (Å²) < 4.78 is 0. The number of pyridine rings is 1. The molecule has 1 aromatic carbocycles. The number of imidazole rings is 1. The van der Waals surface area contributed by atoms with Gasteiger partial charge in [-0.15, -0.1) is 0 Å². The minimum atomic E-state index is 0.968. The van der Waals surface area contributed by atoms with Crippen molar-refractivity contribution in [3.05, 3.63) is 59.2 Å². The number of fused-ring (bicyclic) bond motifs is 2. The summed E-state index contributed by atoms with van der Waals surface area (Å²) in [7, 11) is 0. The van der Waals surface area contributed by atoms with Crippen molar-refractivity contribution in [2.75, 3.05) is 0 Å². The standard InChI is InChI=1S/C18H18N4/c1-11-5-16-17(21-10-20-16)8-14(11)4-3-13-7-15-6-12(2)22-18(15)19-9-13/h5-10H,3-4H2,1-2H3,(H,19,22)(H,20,21). The molecule has 4 aromatic rings. The number of benzene rings is 1. The highest BCUT2D eigenvalue weighted by Gasteiger charge is 2.06. The third-order valence-electron chi connectivity index (χ3n) is 4.22. The molecule has 0 aliphatic rings. The number of nitrogens with zero attached hydrogens (tertiary/aromatic N) is 2. The first kappa shape index (κ1) is 13.1. The number of hydrogen-bond acceptors (Lipinski definition) is 2. The second-order valence-electron chi connectivity index (χ2n) is 5.93. The molecule has 0 fully saturated rings. The van der Waals surface area contributed by atoms with Crippen molar-refractivity contribution in [1.82, 2.24) is 19.9 Å². The SMILES string of the molecule is Cc1cc2cc(CCc3cc4nc[nH]c4cc3C)cnc2[nH]1. The molecule has 0 atom stereocenters. The Morgan fingerprint density at radius 3 is 2.82 bits per heavy atom. The van der Waals surface area contributed by atoms with Crippen LogP contribution in [0.3, 0.4) is 0 Å². The lowest BCUT2D eigenvalue weighted by molar-refractivity contribution is 0.945.